The van der Waals surface area contributed by atoms with Gasteiger partial charge in [-0.05, 0) is 12.6 Å². The Labute approximate surface area is 107 Å². The van der Waals surface area contributed by atoms with E-state index in [4.69, 9.17) is 15.7 Å². The predicted molar refractivity (Wildman–Crippen MR) is 70.2 cm³/mol. The second kappa shape index (κ2) is 5.73. The highest BCUT2D eigenvalue weighted by atomic mass is 16.5. The monoisotopic (exact) mass is 249 g/mol. The van der Waals surface area contributed by atoms with Crippen LogP contribution in [-0.4, -0.2) is 42.2 Å². The number of ether oxygens (including phenoxy) is 1. The topological polar surface area (TPSA) is 71.1 Å². The van der Waals surface area contributed by atoms with Crippen LogP contribution in [0.1, 0.15) is 18.4 Å². The summed E-state index contributed by atoms with van der Waals surface area (Å²) in [5, 5.41) is 11.6. The maximum absolute atomic E-state index is 8.61. The van der Waals surface area contributed by atoms with E-state index in [0.717, 1.165) is 18.8 Å². The van der Waals surface area contributed by atoms with Crippen LogP contribution in [0.5, 0.6) is 5.75 Å². The molecule has 1 aliphatic heterocycles. The molecule has 1 atom stereocenters. The van der Waals surface area contributed by atoms with Gasteiger partial charge in [0.2, 0.25) is 0 Å². The first kappa shape index (κ1) is 12.7. The van der Waals surface area contributed by atoms with Gasteiger partial charge in [0.25, 0.3) is 0 Å². The first-order valence-corrected chi connectivity index (χ1v) is 6.15. The quantitative estimate of drug-likeness (QED) is 0.356. The average Bonchev–Trinajstić information content (AvgIpc) is 2.81. The largest absolute Gasteiger partial charge is 0.493 e. The third-order valence-electron chi connectivity index (χ3n) is 3.24. The zero-order valence-electron chi connectivity index (χ0n) is 10.5. The van der Waals surface area contributed by atoms with Gasteiger partial charge in [0.15, 0.2) is 5.84 Å². The van der Waals surface area contributed by atoms with Crippen LogP contribution in [0.25, 0.3) is 0 Å². The van der Waals surface area contributed by atoms with Crippen molar-refractivity contribution in [3.8, 4) is 5.75 Å². The molecule has 0 aliphatic carbocycles. The number of benzene rings is 1. The van der Waals surface area contributed by atoms with Crippen LogP contribution < -0.4 is 10.5 Å². The molecule has 1 aromatic rings. The highest BCUT2D eigenvalue weighted by molar-refractivity contribution is 5.81. The van der Waals surface area contributed by atoms with Gasteiger partial charge >= 0.3 is 0 Å². The lowest BCUT2D eigenvalue weighted by atomic mass is 10.0. The van der Waals surface area contributed by atoms with Gasteiger partial charge in [-0.1, -0.05) is 30.3 Å². The first-order chi connectivity index (χ1) is 8.74. The number of oxime groups is 1. The second-order valence-corrected chi connectivity index (χ2v) is 4.46. The van der Waals surface area contributed by atoms with Gasteiger partial charge in [-0.3, -0.25) is 4.90 Å². The number of nitrogens with zero attached hydrogens (tertiary/aromatic N) is 2. The van der Waals surface area contributed by atoms with Crippen molar-refractivity contribution in [2.24, 2.45) is 10.9 Å². The lowest BCUT2D eigenvalue weighted by Gasteiger charge is -2.22. The first-order valence-electron chi connectivity index (χ1n) is 6.15. The van der Waals surface area contributed by atoms with Crippen molar-refractivity contribution in [1.29, 1.82) is 0 Å². The van der Waals surface area contributed by atoms with Gasteiger partial charge in [-0.2, -0.15) is 0 Å². The number of amidine groups is 1. The Balaban J connectivity index is 2.01. The standard InChI is InChI=1S/C13H19N3O2/c1-2-16(8-13(14)15-17)7-10-9-18-12-6-4-3-5-11(10)12/h3-6,10,17H,2,7-9H2,1H3,(H2,14,15). The number of para-hydroxylation sites is 1. The van der Waals surface area contributed by atoms with Crippen molar-refractivity contribution in [3.05, 3.63) is 29.8 Å². The summed E-state index contributed by atoms with van der Waals surface area (Å²) in [6, 6.07) is 8.11. The highest BCUT2D eigenvalue weighted by Crippen LogP contribution is 2.33. The molecule has 0 aromatic heterocycles. The van der Waals surface area contributed by atoms with E-state index in [1.54, 1.807) is 0 Å². The van der Waals surface area contributed by atoms with Crippen LogP contribution in [-0.2, 0) is 0 Å². The number of nitrogens with two attached hydrogens (primary N) is 1. The minimum atomic E-state index is 0.240. The Hall–Kier alpha value is -1.75. The van der Waals surface area contributed by atoms with E-state index in [-0.39, 0.29) is 5.84 Å². The third kappa shape index (κ3) is 2.73. The smallest absolute Gasteiger partial charge is 0.153 e. The minimum Gasteiger partial charge on any atom is -0.493 e. The average molecular weight is 249 g/mol. The van der Waals surface area contributed by atoms with Crippen molar-refractivity contribution in [1.82, 2.24) is 4.90 Å². The molecule has 0 radical (unpaired) electrons. The van der Waals surface area contributed by atoms with Gasteiger partial charge in [-0.25, -0.2) is 0 Å². The fourth-order valence-corrected chi connectivity index (χ4v) is 2.26. The molecule has 0 spiro atoms. The van der Waals surface area contributed by atoms with E-state index in [2.05, 4.69) is 23.0 Å². The summed E-state index contributed by atoms with van der Waals surface area (Å²) >= 11 is 0. The molecule has 1 unspecified atom stereocenters. The van der Waals surface area contributed by atoms with Crippen molar-refractivity contribution >= 4 is 5.84 Å². The molecule has 0 saturated heterocycles. The minimum absolute atomic E-state index is 0.240. The van der Waals surface area contributed by atoms with Crippen LogP contribution >= 0.6 is 0 Å². The Morgan fingerprint density at radius 1 is 1.56 bits per heavy atom. The highest BCUT2D eigenvalue weighted by Gasteiger charge is 2.25. The molecule has 0 saturated carbocycles. The lowest BCUT2D eigenvalue weighted by Crippen LogP contribution is -2.36. The van der Waals surface area contributed by atoms with Crippen LogP contribution in [0.4, 0.5) is 0 Å². The number of likely N-dealkylation sites (N-methyl/N-ethyl adjacent to an activating group) is 1. The summed E-state index contributed by atoms with van der Waals surface area (Å²) in [4.78, 5) is 2.14. The summed E-state index contributed by atoms with van der Waals surface area (Å²) in [5.74, 6) is 1.57. The normalized spacial score (nSPS) is 18.8. The van der Waals surface area contributed by atoms with E-state index in [1.807, 2.05) is 18.2 Å². The molecule has 98 valence electrons. The molecule has 0 bridgehead atoms. The Kier molecular flexibility index (Phi) is 4.04. The van der Waals surface area contributed by atoms with Crippen molar-refractivity contribution in [2.75, 3.05) is 26.2 Å². The SMILES string of the molecule is CCN(CC(N)=NO)CC1COc2ccccc21. The van der Waals surface area contributed by atoms with E-state index >= 15 is 0 Å². The third-order valence-corrected chi connectivity index (χ3v) is 3.24. The van der Waals surface area contributed by atoms with Crippen molar-refractivity contribution in [2.45, 2.75) is 12.8 Å². The molecule has 3 N–H and O–H groups in total. The maximum Gasteiger partial charge on any atom is 0.153 e. The van der Waals surface area contributed by atoms with Crippen molar-refractivity contribution in [3.63, 3.8) is 0 Å². The van der Waals surface area contributed by atoms with Gasteiger partial charge in [0.1, 0.15) is 5.75 Å². The number of hydrogen-bond acceptors (Lipinski definition) is 4. The van der Waals surface area contributed by atoms with Crippen LogP contribution in [0.2, 0.25) is 0 Å². The molecule has 5 nitrogen and oxygen atoms in total. The summed E-state index contributed by atoms with van der Waals surface area (Å²) in [5.41, 5.74) is 6.79. The molecule has 1 aromatic carbocycles. The van der Waals surface area contributed by atoms with E-state index < -0.39 is 0 Å². The molecule has 18 heavy (non-hydrogen) atoms. The summed E-state index contributed by atoms with van der Waals surface area (Å²) in [7, 11) is 0. The van der Waals surface area contributed by atoms with Crippen LogP contribution in [0.15, 0.2) is 29.4 Å². The second-order valence-electron chi connectivity index (χ2n) is 4.46. The van der Waals surface area contributed by atoms with Crippen LogP contribution in [0, 0.1) is 0 Å². The fourth-order valence-electron chi connectivity index (χ4n) is 2.26. The molecular formula is C13H19N3O2. The molecule has 0 fully saturated rings. The number of fused-ring (bicyclic) bond motifs is 1. The number of rotatable bonds is 5. The van der Waals surface area contributed by atoms with E-state index in [1.165, 1.54) is 5.56 Å². The zero-order valence-corrected chi connectivity index (χ0v) is 10.5. The summed E-state index contributed by atoms with van der Waals surface area (Å²) in [6.07, 6.45) is 0. The van der Waals surface area contributed by atoms with Gasteiger partial charge in [0, 0.05) is 18.0 Å². The van der Waals surface area contributed by atoms with Crippen LogP contribution in [0.3, 0.4) is 0 Å². The zero-order chi connectivity index (χ0) is 13.0. The Morgan fingerprint density at radius 2 is 2.33 bits per heavy atom. The number of hydrogen-bond donors (Lipinski definition) is 2. The van der Waals surface area contributed by atoms with Gasteiger partial charge in [0.05, 0.1) is 13.2 Å². The van der Waals surface area contributed by atoms with Crippen molar-refractivity contribution < 1.29 is 9.94 Å². The summed E-state index contributed by atoms with van der Waals surface area (Å²) in [6.45, 7) is 4.95. The van der Waals surface area contributed by atoms with E-state index in [0.29, 0.717) is 19.1 Å². The molecular weight excluding hydrogens is 230 g/mol. The molecule has 0 amide bonds. The Morgan fingerprint density at radius 3 is 3.06 bits per heavy atom. The van der Waals surface area contributed by atoms with E-state index in [9.17, 15) is 0 Å². The maximum atomic E-state index is 8.61. The van der Waals surface area contributed by atoms with Gasteiger partial charge in [-0.15, -0.1) is 0 Å². The predicted octanol–water partition coefficient (Wildman–Crippen LogP) is 1.23. The lowest BCUT2D eigenvalue weighted by molar-refractivity contribution is 0.258. The molecule has 1 aliphatic rings. The van der Waals surface area contributed by atoms with Gasteiger partial charge < -0.3 is 15.7 Å². The molecule has 5 heteroatoms. The summed E-state index contributed by atoms with van der Waals surface area (Å²) < 4.78 is 5.65. The Bertz CT molecular complexity index is 434. The molecule has 2 rings (SSSR count). The fraction of sp³-hybridized carbons (Fsp3) is 0.462. The molecule has 1 heterocycles.